The number of amides is 1. The Morgan fingerprint density at radius 3 is 2.34 bits per heavy atom. The van der Waals surface area contributed by atoms with Gasteiger partial charge in [-0.15, -0.1) is 0 Å². The zero-order valence-electron chi connectivity index (χ0n) is 16.2. The number of nitrogens with one attached hydrogen (secondary N) is 1. The first-order valence-electron chi connectivity index (χ1n) is 10.0. The summed E-state index contributed by atoms with van der Waals surface area (Å²) < 4.78 is 37.1. The Labute approximate surface area is 179 Å². The van der Waals surface area contributed by atoms with Crippen molar-refractivity contribution < 1.29 is 18.0 Å². The highest BCUT2D eigenvalue weighted by molar-refractivity contribution is 6.43. The van der Waals surface area contributed by atoms with Crippen LogP contribution in [0, 0.1) is 5.92 Å². The maximum atomic E-state index is 12.4. The Hall–Kier alpha value is -1.18. The molecule has 0 atom stereocenters. The van der Waals surface area contributed by atoms with Gasteiger partial charge in [-0.2, -0.15) is 13.2 Å². The maximum Gasteiger partial charge on any atom is 0.471 e. The second-order valence-corrected chi connectivity index (χ2v) is 8.66. The minimum Gasteiger partial charge on any atom is -0.368 e. The van der Waals surface area contributed by atoms with Gasteiger partial charge in [0, 0.05) is 32.2 Å². The molecule has 1 amide bonds. The molecule has 1 saturated heterocycles. The fourth-order valence-electron chi connectivity index (χ4n) is 4.18. The predicted octanol–water partition coefficient (Wildman–Crippen LogP) is 4.74. The first-order valence-corrected chi connectivity index (χ1v) is 10.8. The Bertz CT molecular complexity index is 701. The highest BCUT2D eigenvalue weighted by Gasteiger charge is 2.40. The van der Waals surface area contributed by atoms with E-state index < -0.39 is 12.1 Å². The lowest BCUT2D eigenvalue weighted by Gasteiger charge is -2.37. The highest BCUT2D eigenvalue weighted by Crippen LogP contribution is 2.33. The molecule has 0 aromatic heterocycles. The number of carbonyl (C=O) groups excluding carboxylic acids is 1. The molecule has 4 nitrogen and oxygen atoms in total. The lowest BCUT2D eigenvalue weighted by molar-refractivity contribution is -0.174. The molecule has 1 N–H and O–H groups in total. The van der Waals surface area contributed by atoms with Crippen LogP contribution in [0.15, 0.2) is 18.2 Å². The number of benzene rings is 1. The molecule has 3 rings (SSSR count). The second kappa shape index (κ2) is 9.75. The third-order valence-corrected chi connectivity index (χ3v) is 6.75. The highest BCUT2D eigenvalue weighted by atomic mass is 35.5. The summed E-state index contributed by atoms with van der Waals surface area (Å²) >= 11 is 12.4. The van der Waals surface area contributed by atoms with E-state index >= 15 is 0 Å². The molecule has 1 aliphatic carbocycles. The molecule has 0 unspecified atom stereocenters. The van der Waals surface area contributed by atoms with Crippen LogP contribution in [0.5, 0.6) is 0 Å². The van der Waals surface area contributed by atoms with Gasteiger partial charge in [-0.1, -0.05) is 29.3 Å². The molecule has 1 saturated carbocycles. The Morgan fingerprint density at radius 1 is 1.07 bits per heavy atom. The third kappa shape index (κ3) is 6.15. The van der Waals surface area contributed by atoms with Crippen molar-refractivity contribution in [1.29, 1.82) is 0 Å². The van der Waals surface area contributed by atoms with Crippen molar-refractivity contribution in [3.05, 3.63) is 28.2 Å². The SMILES string of the molecule is O=C(NC1CCC(CCN2CCN(c3cccc(Cl)c3Cl)CC2)CC1)C(F)(F)F. The molecule has 2 aliphatic rings. The van der Waals surface area contributed by atoms with Crippen molar-refractivity contribution in [3.63, 3.8) is 0 Å². The molecule has 2 fully saturated rings. The van der Waals surface area contributed by atoms with Gasteiger partial charge in [-0.05, 0) is 56.7 Å². The smallest absolute Gasteiger partial charge is 0.368 e. The average Bonchev–Trinajstić information content (AvgIpc) is 2.69. The fraction of sp³-hybridized carbons (Fsp3) is 0.650. The van der Waals surface area contributed by atoms with Crippen LogP contribution in [0.1, 0.15) is 32.1 Å². The van der Waals surface area contributed by atoms with Gasteiger partial charge in [0.1, 0.15) is 0 Å². The lowest BCUT2D eigenvalue weighted by atomic mass is 9.84. The minimum absolute atomic E-state index is 0.355. The van der Waals surface area contributed by atoms with Crippen LogP contribution in [0.25, 0.3) is 0 Å². The zero-order chi connectivity index (χ0) is 21.0. The summed E-state index contributed by atoms with van der Waals surface area (Å²) in [5, 5.41) is 3.27. The van der Waals surface area contributed by atoms with Crippen LogP contribution in [-0.2, 0) is 4.79 Å². The van der Waals surface area contributed by atoms with E-state index in [0.717, 1.165) is 57.7 Å². The van der Waals surface area contributed by atoms with Gasteiger partial charge in [-0.3, -0.25) is 9.69 Å². The minimum atomic E-state index is -4.80. The van der Waals surface area contributed by atoms with E-state index in [1.165, 1.54) is 0 Å². The van der Waals surface area contributed by atoms with Gasteiger partial charge < -0.3 is 10.2 Å². The number of halogens is 5. The van der Waals surface area contributed by atoms with Crippen molar-refractivity contribution in [2.75, 3.05) is 37.6 Å². The Morgan fingerprint density at radius 2 is 1.72 bits per heavy atom. The van der Waals surface area contributed by atoms with Crippen LogP contribution in [0.4, 0.5) is 18.9 Å². The number of hydrogen-bond donors (Lipinski definition) is 1. The summed E-state index contributed by atoms with van der Waals surface area (Å²) in [7, 11) is 0. The van der Waals surface area contributed by atoms with Crippen LogP contribution < -0.4 is 10.2 Å². The molecule has 29 heavy (non-hydrogen) atoms. The number of carbonyl (C=O) groups is 1. The Kier molecular flexibility index (Phi) is 7.57. The molecule has 0 bridgehead atoms. The average molecular weight is 452 g/mol. The number of piperazine rings is 1. The summed E-state index contributed by atoms with van der Waals surface area (Å²) in [5.41, 5.74) is 0.970. The molecular formula is C20H26Cl2F3N3O. The van der Waals surface area contributed by atoms with E-state index in [2.05, 4.69) is 15.1 Å². The first kappa shape index (κ1) is 22.5. The summed E-state index contributed by atoms with van der Waals surface area (Å²) in [6, 6.07) is 5.32. The number of anilines is 1. The van der Waals surface area contributed by atoms with E-state index in [1.54, 1.807) is 6.07 Å². The normalized spacial score (nSPS) is 23.8. The number of hydrogen-bond acceptors (Lipinski definition) is 3. The first-order chi connectivity index (χ1) is 13.7. The van der Waals surface area contributed by atoms with E-state index in [0.29, 0.717) is 28.8 Å². The van der Waals surface area contributed by atoms with Gasteiger partial charge in [0.2, 0.25) is 0 Å². The van der Waals surface area contributed by atoms with Gasteiger partial charge in [0.05, 0.1) is 15.7 Å². The van der Waals surface area contributed by atoms with Gasteiger partial charge in [0.15, 0.2) is 0 Å². The summed E-state index contributed by atoms with van der Waals surface area (Å²) in [5.74, 6) is -1.31. The van der Waals surface area contributed by atoms with Crippen LogP contribution in [-0.4, -0.2) is 55.7 Å². The third-order valence-electron chi connectivity index (χ3n) is 5.94. The largest absolute Gasteiger partial charge is 0.471 e. The van der Waals surface area contributed by atoms with Crippen molar-refractivity contribution in [2.45, 2.75) is 44.3 Å². The topological polar surface area (TPSA) is 35.6 Å². The lowest BCUT2D eigenvalue weighted by Crippen LogP contribution is -2.47. The van der Waals surface area contributed by atoms with Crippen molar-refractivity contribution in [1.82, 2.24) is 10.2 Å². The van der Waals surface area contributed by atoms with E-state index in [1.807, 2.05) is 12.1 Å². The van der Waals surface area contributed by atoms with E-state index in [-0.39, 0.29) is 6.04 Å². The predicted molar refractivity (Wildman–Crippen MR) is 110 cm³/mol. The molecule has 0 radical (unpaired) electrons. The number of nitrogens with zero attached hydrogens (tertiary/aromatic N) is 2. The standard InChI is InChI=1S/C20H26Cl2F3N3O/c21-16-2-1-3-17(18(16)22)28-12-10-27(11-13-28)9-8-14-4-6-15(7-5-14)26-19(29)20(23,24)25/h1-3,14-15H,4-13H2,(H,26,29). The second-order valence-electron chi connectivity index (χ2n) is 7.88. The zero-order valence-corrected chi connectivity index (χ0v) is 17.7. The summed E-state index contributed by atoms with van der Waals surface area (Å²) in [4.78, 5) is 15.7. The van der Waals surface area contributed by atoms with Crippen LogP contribution in [0.3, 0.4) is 0 Å². The van der Waals surface area contributed by atoms with E-state index in [9.17, 15) is 18.0 Å². The quantitative estimate of drug-likeness (QED) is 0.701. The molecule has 1 aliphatic heterocycles. The Balaban J connectivity index is 1.36. The molecule has 162 valence electrons. The van der Waals surface area contributed by atoms with E-state index in [4.69, 9.17) is 23.2 Å². The molecule has 9 heteroatoms. The van der Waals surface area contributed by atoms with Gasteiger partial charge in [0.25, 0.3) is 0 Å². The van der Waals surface area contributed by atoms with Crippen molar-refractivity contribution in [3.8, 4) is 0 Å². The molecule has 1 aromatic rings. The molecule has 1 aromatic carbocycles. The molecule has 1 heterocycles. The summed E-state index contributed by atoms with van der Waals surface area (Å²) in [6.07, 6.45) is -0.797. The molecule has 0 spiro atoms. The van der Waals surface area contributed by atoms with Crippen molar-refractivity contribution >= 4 is 34.8 Å². The van der Waals surface area contributed by atoms with Crippen molar-refractivity contribution in [2.24, 2.45) is 5.92 Å². The fourth-order valence-corrected chi connectivity index (χ4v) is 4.59. The monoisotopic (exact) mass is 451 g/mol. The number of rotatable bonds is 5. The van der Waals surface area contributed by atoms with Gasteiger partial charge >= 0.3 is 12.1 Å². The van der Waals surface area contributed by atoms with Crippen LogP contribution >= 0.6 is 23.2 Å². The molecular weight excluding hydrogens is 426 g/mol. The number of alkyl halides is 3. The van der Waals surface area contributed by atoms with Gasteiger partial charge in [-0.25, -0.2) is 0 Å². The van der Waals surface area contributed by atoms with Crippen LogP contribution in [0.2, 0.25) is 10.0 Å². The summed E-state index contributed by atoms with van der Waals surface area (Å²) in [6.45, 7) is 4.65. The maximum absolute atomic E-state index is 12.4.